The van der Waals surface area contributed by atoms with Gasteiger partial charge in [0.25, 0.3) is 0 Å². The Morgan fingerprint density at radius 1 is 1.14 bits per heavy atom. The van der Waals surface area contributed by atoms with Gasteiger partial charge in [-0.1, -0.05) is 24.3 Å². The molecule has 5 heteroatoms. The van der Waals surface area contributed by atoms with Crippen molar-refractivity contribution in [3.05, 3.63) is 78.2 Å². The normalized spacial score (nSPS) is 16.5. The zero-order valence-electron chi connectivity index (χ0n) is 15.9. The fourth-order valence-electron chi connectivity index (χ4n) is 3.80. The Balaban J connectivity index is 1.40. The van der Waals surface area contributed by atoms with E-state index in [2.05, 4.69) is 17.1 Å². The number of carbonyl (C=O) groups excluding carboxylic acids is 1. The van der Waals surface area contributed by atoms with Crippen LogP contribution in [-0.4, -0.2) is 38.6 Å². The summed E-state index contributed by atoms with van der Waals surface area (Å²) in [7, 11) is 0. The number of nitrogens with zero attached hydrogens (tertiary/aromatic N) is 3. The molecule has 1 atom stereocenters. The summed E-state index contributed by atoms with van der Waals surface area (Å²) in [6.07, 6.45) is 7.36. The molecule has 5 nitrogen and oxygen atoms in total. The molecule has 1 aromatic carbocycles. The van der Waals surface area contributed by atoms with E-state index >= 15 is 0 Å². The van der Waals surface area contributed by atoms with Crippen molar-refractivity contribution in [3.8, 4) is 11.3 Å². The van der Waals surface area contributed by atoms with Gasteiger partial charge in [0, 0.05) is 56.1 Å². The van der Waals surface area contributed by atoms with Crippen molar-refractivity contribution in [1.82, 2.24) is 14.5 Å². The van der Waals surface area contributed by atoms with Crippen LogP contribution in [0.25, 0.3) is 11.3 Å². The van der Waals surface area contributed by atoms with Crippen molar-refractivity contribution < 1.29 is 9.90 Å². The lowest BCUT2D eigenvalue weighted by atomic mass is 9.97. The average Bonchev–Trinajstić information content (AvgIpc) is 3.44. The summed E-state index contributed by atoms with van der Waals surface area (Å²) in [6.45, 7) is 2.37. The summed E-state index contributed by atoms with van der Waals surface area (Å²) in [6, 6.07) is 16.0. The molecule has 1 aliphatic heterocycles. The zero-order chi connectivity index (χ0) is 19.3. The number of aryl methyl sites for hydroxylation is 1. The zero-order valence-corrected chi connectivity index (χ0v) is 15.9. The highest BCUT2D eigenvalue weighted by Gasteiger charge is 2.27. The molecule has 144 valence electrons. The Bertz CT molecular complexity index is 919. The van der Waals surface area contributed by atoms with Crippen LogP contribution in [-0.2, 0) is 17.9 Å². The van der Waals surface area contributed by atoms with Crippen molar-refractivity contribution in [1.29, 1.82) is 0 Å². The quantitative estimate of drug-likeness (QED) is 0.718. The van der Waals surface area contributed by atoms with Gasteiger partial charge < -0.3 is 14.6 Å². The number of amides is 1. The second kappa shape index (κ2) is 8.40. The SMILES string of the molecule is O=C(CCn1cccc1)N1CC[C@H](c2ccnc(-c3ccc(CO)cc3)c2)C1. The molecule has 0 saturated carbocycles. The number of likely N-dealkylation sites (tertiary alicyclic amines) is 1. The largest absolute Gasteiger partial charge is 0.392 e. The van der Waals surface area contributed by atoms with Crippen molar-refractivity contribution in [2.24, 2.45) is 0 Å². The Morgan fingerprint density at radius 2 is 1.93 bits per heavy atom. The third-order valence-corrected chi connectivity index (χ3v) is 5.48. The molecule has 0 bridgehead atoms. The fraction of sp³-hybridized carbons (Fsp3) is 0.304. The van der Waals surface area contributed by atoms with E-state index in [4.69, 9.17) is 0 Å². The number of aliphatic hydroxyl groups is 1. The van der Waals surface area contributed by atoms with Gasteiger partial charge in [-0.05, 0) is 41.8 Å². The van der Waals surface area contributed by atoms with Crippen LogP contribution in [0.15, 0.2) is 67.1 Å². The highest BCUT2D eigenvalue weighted by Crippen LogP contribution is 2.29. The maximum absolute atomic E-state index is 12.5. The highest BCUT2D eigenvalue weighted by molar-refractivity contribution is 5.76. The van der Waals surface area contributed by atoms with E-state index in [0.29, 0.717) is 12.3 Å². The molecule has 1 aliphatic rings. The molecule has 1 saturated heterocycles. The second-order valence-electron chi connectivity index (χ2n) is 7.33. The van der Waals surface area contributed by atoms with E-state index in [9.17, 15) is 9.90 Å². The summed E-state index contributed by atoms with van der Waals surface area (Å²) in [5.74, 6) is 0.582. The van der Waals surface area contributed by atoms with Gasteiger partial charge in [-0.25, -0.2) is 0 Å². The van der Waals surface area contributed by atoms with Crippen molar-refractivity contribution >= 4 is 5.91 Å². The van der Waals surface area contributed by atoms with Crippen LogP contribution in [0.1, 0.15) is 29.9 Å². The molecule has 1 N–H and O–H groups in total. The molecule has 2 aromatic heterocycles. The maximum atomic E-state index is 12.5. The van der Waals surface area contributed by atoms with E-state index < -0.39 is 0 Å². The van der Waals surface area contributed by atoms with Gasteiger partial charge in [0.15, 0.2) is 0 Å². The third-order valence-electron chi connectivity index (χ3n) is 5.48. The molecule has 28 heavy (non-hydrogen) atoms. The molecule has 0 radical (unpaired) electrons. The van der Waals surface area contributed by atoms with Crippen molar-refractivity contribution in [3.63, 3.8) is 0 Å². The first-order valence-corrected chi connectivity index (χ1v) is 9.77. The molecule has 3 heterocycles. The van der Waals surface area contributed by atoms with Crippen LogP contribution in [0.5, 0.6) is 0 Å². The third kappa shape index (κ3) is 4.15. The van der Waals surface area contributed by atoms with Gasteiger partial charge in [0.05, 0.1) is 12.3 Å². The summed E-state index contributed by atoms with van der Waals surface area (Å²) in [5.41, 5.74) is 4.10. The molecular formula is C23H25N3O2. The minimum Gasteiger partial charge on any atom is -0.392 e. The molecule has 1 fully saturated rings. The number of carbonyl (C=O) groups is 1. The molecule has 0 aliphatic carbocycles. The van der Waals surface area contributed by atoms with Crippen LogP contribution in [0.3, 0.4) is 0 Å². The van der Waals surface area contributed by atoms with Crippen LogP contribution < -0.4 is 0 Å². The molecule has 3 aromatic rings. The molecule has 0 unspecified atom stereocenters. The number of benzene rings is 1. The number of rotatable bonds is 6. The van der Waals surface area contributed by atoms with Gasteiger partial charge in [-0.3, -0.25) is 9.78 Å². The van der Waals surface area contributed by atoms with Gasteiger partial charge in [0.2, 0.25) is 5.91 Å². The Morgan fingerprint density at radius 3 is 2.68 bits per heavy atom. The minimum absolute atomic E-state index is 0.0457. The molecular weight excluding hydrogens is 350 g/mol. The Labute approximate surface area is 165 Å². The van der Waals surface area contributed by atoms with E-state index in [0.717, 1.165) is 42.9 Å². The lowest BCUT2D eigenvalue weighted by Gasteiger charge is -2.17. The van der Waals surface area contributed by atoms with E-state index in [1.807, 2.05) is 64.5 Å². The second-order valence-corrected chi connectivity index (χ2v) is 7.33. The van der Waals surface area contributed by atoms with Gasteiger partial charge in [-0.15, -0.1) is 0 Å². The first-order valence-electron chi connectivity index (χ1n) is 9.77. The van der Waals surface area contributed by atoms with Crippen LogP contribution in [0.4, 0.5) is 0 Å². The summed E-state index contributed by atoms with van der Waals surface area (Å²) in [4.78, 5) is 19.0. The standard InChI is InChI=1S/C23H25N3O2/c27-17-18-3-5-19(6-4-18)22-15-20(7-10-24-22)21-8-14-26(16-21)23(28)9-13-25-11-1-2-12-25/h1-7,10-12,15,21,27H,8-9,13-14,16-17H2/t21-/m0/s1. The summed E-state index contributed by atoms with van der Waals surface area (Å²) >= 11 is 0. The predicted octanol–water partition coefficient (Wildman–Crippen LogP) is 3.45. The first kappa shape index (κ1) is 18.4. The molecule has 4 rings (SSSR count). The van der Waals surface area contributed by atoms with Crippen LogP contribution in [0.2, 0.25) is 0 Å². The van der Waals surface area contributed by atoms with E-state index in [1.165, 1.54) is 5.56 Å². The van der Waals surface area contributed by atoms with E-state index in [-0.39, 0.29) is 12.5 Å². The van der Waals surface area contributed by atoms with Crippen LogP contribution in [0, 0.1) is 0 Å². The fourth-order valence-corrected chi connectivity index (χ4v) is 3.80. The summed E-state index contributed by atoms with van der Waals surface area (Å²) in [5, 5.41) is 9.20. The van der Waals surface area contributed by atoms with Gasteiger partial charge in [-0.2, -0.15) is 0 Å². The number of aliphatic hydroxyl groups excluding tert-OH is 1. The van der Waals surface area contributed by atoms with Gasteiger partial charge in [0.1, 0.15) is 0 Å². The number of pyridine rings is 1. The smallest absolute Gasteiger partial charge is 0.224 e. The first-order chi connectivity index (χ1) is 13.7. The monoisotopic (exact) mass is 375 g/mol. The maximum Gasteiger partial charge on any atom is 0.224 e. The van der Waals surface area contributed by atoms with Crippen molar-refractivity contribution in [2.45, 2.75) is 31.9 Å². The lowest BCUT2D eigenvalue weighted by Crippen LogP contribution is -2.29. The Kier molecular flexibility index (Phi) is 5.53. The van der Waals surface area contributed by atoms with Gasteiger partial charge >= 0.3 is 0 Å². The van der Waals surface area contributed by atoms with Crippen molar-refractivity contribution in [2.75, 3.05) is 13.1 Å². The summed E-state index contributed by atoms with van der Waals surface area (Å²) < 4.78 is 2.04. The number of hydrogen-bond acceptors (Lipinski definition) is 3. The van der Waals surface area contributed by atoms with E-state index in [1.54, 1.807) is 0 Å². The number of aromatic nitrogens is 2. The average molecular weight is 375 g/mol. The highest BCUT2D eigenvalue weighted by atomic mass is 16.3. The molecule has 1 amide bonds. The molecule has 0 spiro atoms. The Hall–Kier alpha value is -2.92. The lowest BCUT2D eigenvalue weighted by molar-refractivity contribution is -0.130. The minimum atomic E-state index is 0.0457. The number of hydrogen-bond donors (Lipinski definition) is 1. The van der Waals surface area contributed by atoms with Crippen LogP contribution >= 0.6 is 0 Å². The topological polar surface area (TPSA) is 58.4 Å². The predicted molar refractivity (Wildman–Crippen MR) is 109 cm³/mol.